The van der Waals surface area contributed by atoms with Gasteiger partial charge in [0.2, 0.25) is 0 Å². The second kappa shape index (κ2) is 4.19. The summed E-state index contributed by atoms with van der Waals surface area (Å²) in [6.07, 6.45) is 2.94. The van der Waals surface area contributed by atoms with Gasteiger partial charge in [-0.1, -0.05) is 25.3 Å². The number of aliphatic hydroxyl groups excluding tert-OH is 1. The first-order valence-electron chi connectivity index (χ1n) is 5.29. The van der Waals surface area contributed by atoms with Gasteiger partial charge in [-0.3, -0.25) is 0 Å². The Morgan fingerprint density at radius 1 is 1.43 bits per heavy atom. The Morgan fingerprint density at radius 3 is 2.57 bits per heavy atom. The SMILES string of the molecule is CC#CC(O)C1=C(C)CCCC1(C)C. The van der Waals surface area contributed by atoms with Crippen LogP contribution in [0.4, 0.5) is 0 Å². The van der Waals surface area contributed by atoms with Gasteiger partial charge < -0.3 is 5.11 Å². The lowest BCUT2D eigenvalue weighted by atomic mass is 9.71. The molecule has 78 valence electrons. The van der Waals surface area contributed by atoms with Crippen molar-refractivity contribution >= 4 is 0 Å². The smallest absolute Gasteiger partial charge is 0.137 e. The average molecular weight is 192 g/mol. The molecule has 1 heteroatoms. The third-order valence-electron chi connectivity index (χ3n) is 3.10. The Morgan fingerprint density at radius 2 is 2.07 bits per heavy atom. The molecular formula is C13H20O. The van der Waals surface area contributed by atoms with Gasteiger partial charge in [0.05, 0.1) is 0 Å². The summed E-state index contributed by atoms with van der Waals surface area (Å²) in [5.41, 5.74) is 2.60. The molecule has 1 aliphatic rings. The normalized spacial score (nSPS) is 22.6. The molecule has 0 bridgehead atoms. The Bertz CT molecular complexity index is 299. The number of rotatable bonds is 1. The van der Waals surface area contributed by atoms with Gasteiger partial charge in [0.25, 0.3) is 0 Å². The fourth-order valence-corrected chi connectivity index (χ4v) is 2.45. The first kappa shape index (κ1) is 11.3. The van der Waals surface area contributed by atoms with Crippen LogP contribution in [0, 0.1) is 17.3 Å². The van der Waals surface area contributed by atoms with Gasteiger partial charge >= 0.3 is 0 Å². The van der Waals surface area contributed by atoms with E-state index in [0.29, 0.717) is 0 Å². The molecule has 0 amide bonds. The van der Waals surface area contributed by atoms with Gasteiger partial charge in [0.15, 0.2) is 0 Å². The number of allylic oxidation sites excluding steroid dienone is 1. The van der Waals surface area contributed by atoms with E-state index in [2.05, 4.69) is 32.6 Å². The molecule has 1 rings (SSSR count). The van der Waals surface area contributed by atoms with Crippen molar-refractivity contribution in [1.29, 1.82) is 0 Å². The van der Waals surface area contributed by atoms with Crippen LogP contribution in [0.25, 0.3) is 0 Å². The van der Waals surface area contributed by atoms with Crippen LogP contribution in [-0.4, -0.2) is 11.2 Å². The predicted molar refractivity (Wildman–Crippen MR) is 59.8 cm³/mol. The lowest BCUT2D eigenvalue weighted by Gasteiger charge is -2.35. The van der Waals surface area contributed by atoms with Gasteiger partial charge in [-0.25, -0.2) is 0 Å². The minimum atomic E-state index is -0.560. The van der Waals surface area contributed by atoms with Crippen LogP contribution in [0.15, 0.2) is 11.1 Å². The zero-order chi connectivity index (χ0) is 10.8. The average Bonchev–Trinajstić information content (AvgIpc) is 2.02. The second-order valence-corrected chi connectivity index (χ2v) is 4.73. The van der Waals surface area contributed by atoms with Crippen LogP contribution < -0.4 is 0 Å². The molecule has 0 aromatic carbocycles. The van der Waals surface area contributed by atoms with Crippen molar-refractivity contribution in [3.8, 4) is 11.8 Å². The van der Waals surface area contributed by atoms with Gasteiger partial charge in [-0.2, -0.15) is 0 Å². The van der Waals surface area contributed by atoms with Gasteiger partial charge in [-0.15, -0.1) is 5.92 Å². The summed E-state index contributed by atoms with van der Waals surface area (Å²) in [4.78, 5) is 0. The molecular weight excluding hydrogens is 172 g/mol. The van der Waals surface area contributed by atoms with Crippen molar-refractivity contribution in [3.63, 3.8) is 0 Å². The van der Waals surface area contributed by atoms with Crippen LogP contribution in [-0.2, 0) is 0 Å². The second-order valence-electron chi connectivity index (χ2n) is 4.73. The monoisotopic (exact) mass is 192 g/mol. The third-order valence-corrected chi connectivity index (χ3v) is 3.10. The fraction of sp³-hybridized carbons (Fsp3) is 0.692. The molecule has 1 unspecified atom stereocenters. The lowest BCUT2D eigenvalue weighted by Crippen LogP contribution is -2.28. The Hall–Kier alpha value is -0.740. The van der Waals surface area contributed by atoms with Gasteiger partial charge in [0, 0.05) is 0 Å². The van der Waals surface area contributed by atoms with Crippen molar-refractivity contribution in [2.45, 2.75) is 53.1 Å². The quantitative estimate of drug-likeness (QED) is 0.500. The molecule has 14 heavy (non-hydrogen) atoms. The fourth-order valence-electron chi connectivity index (χ4n) is 2.45. The van der Waals surface area contributed by atoms with Crippen LogP contribution >= 0.6 is 0 Å². The zero-order valence-corrected chi connectivity index (χ0v) is 9.65. The van der Waals surface area contributed by atoms with Crippen LogP contribution in [0.2, 0.25) is 0 Å². The molecule has 0 spiro atoms. The summed E-state index contributed by atoms with van der Waals surface area (Å²) in [6, 6.07) is 0. The molecule has 1 N–H and O–H groups in total. The van der Waals surface area contributed by atoms with Crippen molar-refractivity contribution in [3.05, 3.63) is 11.1 Å². The van der Waals surface area contributed by atoms with Crippen molar-refractivity contribution in [2.75, 3.05) is 0 Å². The molecule has 0 aliphatic heterocycles. The highest BCUT2D eigenvalue weighted by Crippen LogP contribution is 2.41. The maximum Gasteiger partial charge on any atom is 0.137 e. The van der Waals surface area contributed by atoms with Crippen LogP contribution in [0.1, 0.15) is 47.0 Å². The molecule has 0 fully saturated rings. The topological polar surface area (TPSA) is 20.2 Å². The van der Waals surface area contributed by atoms with Gasteiger partial charge in [-0.05, 0) is 44.1 Å². The Kier molecular flexibility index (Phi) is 3.39. The minimum Gasteiger partial charge on any atom is -0.376 e. The maximum absolute atomic E-state index is 9.95. The van der Waals surface area contributed by atoms with E-state index in [9.17, 15) is 5.11 Å². The molecule has 0 aromatic heterocycles. The van der Waals surface area contributed by atoms with E-state index in [-0.39, 0.29) is 5.41 Å². The molecule has 1 nitrogen and oxygen atoms in total. The molecule has 1 atom stereocenters. The summed E-state index contributed by atoms with van der Waals surface area (Å²) < 4.78 is 0. The van der Waals surface area contributed by atoms with E-state index >= 15 is 0 Å². The number of aliphatic hydroxyl groups is 1. The predicted octanol–water partition coefficient (Wildman–Crippen LogP) is 2.90. The van der Waals surface area contributed by atoms with Crippen molar-refractivity contribution in [2.24, 2.45) is 5.41 Å². The summed E-state index contributed by atoms with van der Waals surface area (Å²) in [6.45, 7) is 8.29. The molecule has 0 saturated heterocycles. The van der Waals surface area contributed by atoms with Crippen LogP contribution in [0.3, 0.4) is 0 Å². The van der Waals surface area contributed by atoms with Crippen molar-refractivity contribution < 1.29 is 5.11 Å². The van der Waals surface area contributed by atoms with E-state index in [1.165, 1.54) is 12.0 Å². The number of hydrogen-bond acceptors (Lipinski definition) is 1. The Labute approximate surface area is 87.2 Å². The highest BCUT2D eigenvalue weighted by molar-refractivity contribution is 5.32. The van der Waals surface area contributed by atoms with E-state index in [1.54, 1.807) is 6.92 Å². The molecule has 0 radical (unpaired) electrons. The summed E-state index contributed by atoms with van der Waals surface area (Å²) in [5.74, 6) is 5.64. The summed E-state index contributed by atoms with van der Waals surface area (Å²) in [5, 5.41) is 9.95. The molecule has 0 heterocycles. The van der Waals surface area contributed by atoms with Gasteiger partial charge in [0.1, 0.15) is 6.10 Å². The van der Waals surface area contributed by atoms with Crippen LogP contribution in [0.5, 0.6) is 0 Å². The van der Waals surface area contributed by atoms with E-state index in [1.807, 2.05) is 0 Å². The molecule has 0 aromatic rings. The van der Waals surface area contributed by atoms with Crippen molar-refractivity contribution in [1.82, 2.24) is 0 Å². The Balaban J connectivity index is 3.05. The maximum atomic E-state index is 9.95. The highest BCUT2D eigenvalue weighted by atomic mass is 16.3. The largest absolute Gasteiger partial charge is 0.376 e. The summed E-state index contributed by atoms with van der Waals surface area (Å²) >= 11 is 0. The third kappa shape index (κ3) is 2.19. The minimum absolute atomic E-state index is 0.117. The highest BCUT2D eigenvalue weighted by Gasteiger charge is 2.31. The lowest BCUT2D eigenvalue weighted by molar-refractivity contribution is 0.214. The zero-order valence-electron chi connectivity index (χ0n) is 9.65. The first-order chi connectivity index (χ1) is 6.49. The van der Waals surface area contributed by atoms with E-state index in [4.69, 9.17) is 0 Å². The summed E-state index contributed by atoms with van der Waals surface area (Å²) in [7, 11) is 0. The van der Waals surface area contributed by atoms with E-state index < -0.39 is 6.10 Å². The first-order valence-corrected chi connectivity index (χ1v) is 5.29. The van der Waals surface area contributed by atoms with E-state index in [0.717, 1.165) is 18.4 Å². The number of hydrogen-bond donors (Lipinski definition) is 1. The molecule has 0 saturated carbocycles. The standard InChI is InChI=1S/C13H20O/c1-5-7-11(14)12-10(2)8-6-9-13(12,3)4/h11,14H,6,8-9H2,1-4H3. The molecule has 1 aliphatic carbocycles.